The highest BCUT2D eigenvalue weighted by molar-refractivity contribution is 6.99. The van der Waals surface area contributed by atoms with Crippen LogP contribution in [0.15, 0.2) is 6.20 Å². The average molecular weight is 287 g/mol. The molecule has 6 nitrogen and oxygen atoms in total. The van der Waals surface area contributed by atoms with Crippen LogP contribution in [0, 0.1) is 5.41 Å². The molecule has 1 aliphatic carbocycles. The third kappa shape index (κ3) is 3.42. The lowest BCUT2D eigenvalue weighted by Gasteiger charge is -2.51. The SMILES string of the molecule is COC1CC(NCC(O)COc2cnsn2)C1(C)C. The van der Waals surface area contributed by atoms with Crippen LogP contribution in [-0.4, -0.2) is 52.4 Å². The van der Waals surface area contributed by atoms with Gasteiger partial charge in [-0.1, -0.05) is 13.8 Å². The number of hydrogen-bond donors (Lipinski definition) is 2. The Labute approximate surface area is 117 Å². The van der Waals surface area contributed by atoms with Gasteiger partial charge in [-0.15, -0.1) is 4.37 Å². The Morgan fingerprint density at radius 2 is 2.42 bits per heavy atom. The predicted octanol–water partition coefficient (Wildman–Crippen LogP) is 0.681. The summed E-state index contributed by atoms with van der Waals surface area (Å²) >= 11 is 1.09. The van der Waals surface area contributed by atoms with Crippen molar-refractivity contribution in [2.45, 2.75) is 38.5 Å². The summed E-state index contributed by atoms with van der Waals surface area (Å²) in [7, 11) is 1.74. The first-order valence-corrected chi connectivity index (χ1v) is 7.11. The Morgan fingerprint density at radius 1 is 1.63 bits per heavy atom. The van der Waals surface area contributed by atoms with Gasteiger partial charge >= 0.3 is 0 Å². The topological polar surface area (TPSA) is 76.5 Å². The maximum atomic E-state index is 9.85. The molecule has 1 aromatic rings. The Kier molecular flexibility index (Phi) is 4.72. The molecule has 0 spiro atoms. The molecule has 0 bridgehead atoms. The van der Waals surface area contributed by atoms with Crippen LogP contribution in [0.3, 0.4) is 0 Å². The number of methoxy groups -OCH3 is 1. The Balaban J connectivity index is 1.66. The number of rotatable bonds is 7. The fraction of sp³-hybridized carbons (Fsp3) is 0.833. The highest BCUT2D eigenvalue weighted by Crippen LogP contribution is 2.42. The van der Waals surface area contributed by atoms with Crippen LogP contribution in [0.25, 0.3) is 0 Å². The molecule has 0 amide bonds. The highest BCUT2D eigenvalue weighted by atomic mass is 32.1. The summed E-state index contributed by atoms with van der Waals surface area (Å²) in [5, 5.41) is 13.2. The van der Waals surface area contributed by atoms with Crippen LogP contribution in [0.1, 0.15) is 20.3 Å². The monoisotopic (exact) mass is 287 g/mol. The maximum Gasteiger partial charge on any atom is 0.245 e. The fourth-order valence-electron chi connectivity index (χ4n) is 2.37. The normalized spacial score (nSPS) is 26.7. The zero-order chi connectivity index (χ0) is 13.9. The summed E-state index contributed by atoms with van der Waals surface area (Å²) in [4.78, 5) is 0. The number of aliphatic hydroxyl groups is 1. The van der Waals surface area contributed by atoms with Gasteiger partial charge in [-0.3, -0.25) is 0 Å². The summed E-state index contributed by atoms with van der Waals surface area (Å²) < 4.78 is 18.4. The molecule has 2 N–H and O–H groups in total. The third-order valence-corrected chi connectivity index (χ3v) is 4.29. The number of hydrogen-bond acceptors (Lipinski definition) is 7. The number of aromatic nitrogens is 2. The van der Waals surface area contributed by atoms with Crippen molar-refractivity contribution in [3.8, 4) is 5.88 Å². The second-order valence-corrected chi connectivity index (χ2v) is 6.01. The van der Waals surface area contributed by atoms with Crippen molar-refractivity contribution in [1.29, 1.82) is 0 Å². The van der Waals surface area contributed by atoms with E-state index in [1.165, 1.54) is 0 Å². The van der Waals surface area contributed by atoms with Crippen molar-refractivity contribution in [2.24, 2.45) is 5.41 Å². The summed E-state index contributed by atoms with van der Waals surface area (Å²) in [6, 6.07) is 0.369. The molecule has 2 rings (SSSR count). The second-order valence-electron chi connectivity index (χ2n) is 5.45. The lowest BCUT2D eigenvalue weighted by molar-refractivity contribution is -0.0996. The van der Waals surface area contributed by atoms with Crippen molar-refractivity contribution in [1.82, 2.24) is 14.1 Å². The molecule has 0 aliphatic heterocycles. The minimum atomic E-state index is -0.556. The van der Waals surface area contributed by atoms with Gasteiger partial charge in [0.2, 0.25) is 5.88 Å². The quantitative estimate of drug-likeness (QED) is 0.768. The number of nitrogens with one attached hydrogen (secondary N) is 1. The summed E-state index contributed by atoms with van der Waals surface area (Å²) in [5.74, 6) is 0.465. The first-order chi connectivity index (χ1) is 9.04. The van der Waals surface area contributed by atoms with E-state index in [1.54, 1.807) is 13.3 Å². The van der Waals surface area contributed by atoms with E-state index < -0.39 is 6.10 Å². The zero-order valence-corrected chi connectivity index (χ0v) is 12.3. The molecule has 0 aromatic carbocycles. The lowest BCUT2D eigenvalue weighted by Crippen LogP contribution is -2.61. The van der Waals surface area contributed by atoms with Gasteiger partial charge in [-0.25, -0.2) is 0 Å². The maximum absolute atomic E-state index is 9.85. The molecule has 0 saturated heterocycles. The molecule has 1 heterocycles. The van der Waals surface area contributed by atoms with Gasteiger partial charge < -0.3 is 19.9 Å². The van der Waals surface area contributed by atoms with Crippen molar-refractivity contribution in [3.05, 3.63) is 6.20 Å². The Hall–Kier alpha value is -0.760. The van der Waals surface area contributed by atoms with Crippen LogP contribution in [-0.2, 0) is 4.74 Å². The Bertz CT molecular complexity index is 386. The number of ether oxygens (including phenoxy) is 2. The van der Waals surface area contributed by atoms with E-state index in [4.69, 9.17) is 9.47 Å². The minimum Gasteiger partial charge on any atom is -0.473 e. The summed E-state index contributed by atoms with van der Waals surface area (Å²) in [6.45, 7) is 5.07. The first kappa shape index (κ1) is 14.6. The second kappa shape index (κ2) is 6.13. The molecule has 3 atom stereocenters. The van der Waals surface area contributed by atoms with E-state index in [1.807, 2.05) is 0 Å². The molecule has 19 heavy (non-hydrogen) atoms. The molecule has 1 aromatic heterocycles. The smallest absolute Gasteiger partial charge is 0.245 e. The molecule has 108 valence electrons. The summed E-state index contributed by atoms with van der Waals surface area (Å²) in [5.41, 5.74) is 0.105. The van der Waals surface area contributed by atoms with E-state index in [9.17, 15) is 5.11 Å². The van der Waals surface area contributed by atoms with Gasteiger partial charge in [-0.05, 0) is 6.42 Å². The predicted molar refractivity (Wildman–Crippen MR) is 72.4 cm³/mol. The van der Waals surface area contributed by atoms with Crippen molar-refractivity contribution in [3.63, 3.8) is 0 Å². The van der Waals surface area contributed by atoms with E-state index in [2.05, 4.69) is 27.9 Å². The molecule has 1 fully saturated rings. The first-order valence-electron chi connectivity index (χ1n) is 6.38. The van der Waals surface area contributed by atoms with Crippen LogP contribution in [0.5, 0.6) is 5.88 Å². The molecular formula is C12H21N3O3S. The van der Waals surface area contributed by atoms with Gasteiger partial charge in [0.25, 0.3) is 0 Å². The third-order valence-electron chi connectivity index (χ3n) is 3.83. The fourth-order valence-corrected chi connectivity index (χ4v) is 2.74. The molecule has 3 unspecified atom stereocenters. The number of nitrogens with zero attached hydrogens (tertiary/aromatic N) is 2. The summed E-state index contributed by atoms with van der Waals surface area (Å²) in [6.07, 6.45) is 2.26. The number of aliphatic hydroxyl groups excluding tert-OH is 1. The van der Waals surface area contributed by atoms with Crippen molar-refractivity contribution in [2.75, 3.05) is 20.3 Å². The van der Waals surface area contributed by atoms with Crippen LogP contribution in [0.2, 0.25) is 0 Å². The molecule has 0 radical (unpaired) electrons. The van der Waals surface area contributed by atoms with Gasteiger partial charge in [-0.2, -0.15) is 4.37 Å². The van der Waals surface area contributed by atoms with Crippen molar-refractivity contribution < 1.29 is 14.6 Å². The lowest BCUT2D eigenvalue weighted by atomic mass is 9.64. The largest absolute Gasteiger partial charge is 0.473 e. The van der Waals surface area contributed by atoms with E-state index in [0.29, 0.717) is 24.6 Å². The molecule has 1 aliphatic rings. The van der Waals surface area contributed by atoms with Crippen molar-refractivity contribution >= 4 is 11.7 Å². The minimum absolute atomic E-state index is 0.105. The van der Waals surface area contributed by atoms with E-state index in [-0.39, 0.29) is 12.0 Å². The van der Waals surface area contributed by atoms with Gasteiger partial charge in [0, 0.05) is 25.1 Å². The molecule has 7 heteroatoms. The van der Waals surface area contributed by atoms with E-state index in [0.717, 1.165) is 18.1 Å². The molecule has 1 saturated carbocycles. The van der Waals surface area contributed by atoms with Gasteiger partial charge in [0.1, 0.15) is 18.9 Å². The van der Waals surface area contributed by atoms with Crippen LogP contribution >= 0.6 is 11.7 Å². The van der Waals surface area contributed by atoms with E-state index >= 15 is 0 Å². The highest BCUT2D eigenvalue weighted by Gasteiger charge is 2.48. The molecular weight excluding hydrogens is 266 g/mol. The van der Waals surface area contributed by atoms with Gasteiger partial charge in [0.05, 0.1) is 17.8 Å². The van der Waals surface area contributed by atoms with Crippen LogP contribution < -0.4 is 10.1 Å². The van der Waals surface area contributed by atoms with Crippen LogP contribution in [0.4, 0.5) is 0 Å². The standard InChI is InChI=1S/C12H21N3O3S/c1-12(2)9(4-10(12)17-3)13-5-8(16)7-18-11-6-14-19-15-11/h6,8-10,13,16H,4-5,7H2,1-3H3. The van der Waals surface area contributed by atoms with Gasteiger partial charge in [0.15, 0.2) is 0 Å². The Morgan fingerprint density at radius 3 is 3.00 bits per heavy atom. The zero-order valence-electron chi connectivity index (χ0n) is 11.5. The average Bonchev–Trinajstić information content (AvgIpc) is 2.88.